The number of hydrogen-bond donors (Lipinski definition) is 0. The van der Waals surface area contributed by atoms with E-state index in [-0.39, 0.29) is 0 Å². The molecule has 16 heavy (non-hydrogen) atoms. The van der Waals surface area contributed by atoms with Crippen molar-refractivity contribution in [3.63, 3.8) is 0 Å². The standard InChI is InChI=1S/C13H8INO/c14-13-15-12(8-16-13)11-7-3-5-9-4-1-2-6-10(9)11/h1-8H. The Kier molecular flexibility index (Phi) is 2.40. The topological polar surface area (TPSA) is 26.0 Å². The van der Waals surface area contributed by atoms with Gasteiger partial charge in [-0.3, -0.25) is 0 Å². The fourth-order valence-corrected chi connectivity index (χ4v) is 2.21. The lowest BCUT2D eigenvalue weighted by Crippen LogP contribution is -1.81. The summed E-state index contributed by atoms with van der Waals surface area (Å²) in [6.07, 6.45) is 1.70. The van der Waals surface area contributed by atoms with Gasteiger partial charge < -0.3 is 4.42 Å². The summed E-state index contributed by atoms with van der Waals surface area (Å²) in [7, 11) is 0. The maximum atomic E-state index is 5.24. The molecule has 0 spiro atoms. The molecule has 1 heterocycles. The molecular weight excluding hydrogens is 313 g/mol. The quantitative estimate of drug-likeness (QED) is 0.631. The molecule has 0 unspecified atom stereocenters. The summed E-state index contributed by atoms with van der Waals surface area (Å²) in [6.45, 7) is 0. The number of benzene rings is 2. The Morgan fingerprint density at radius 3 is 2.62 bits per heavy atom. The summed E-state index contributed by atoms with van der Waals surface area (Å²) in [4.78, 5) is 4.35. The molecule has 0 saturated heterocycles. The van der Waals surface area contributed by atoms with Gasteiger partial charge in [-0.05, 0) is 10.8 Å². The van der Waals surface area contributed by atoms with Crippen molar-refractivity contribution >= 4 is 33.4 Å². The highest BCUT2D eigenvalue weighted by Crippen LogP contribution is 2.27. The van der Waals surface area contributed by atoms with E-state index in [1.165, 1.54) is 10.8 Å². The van der Waals surface area contributed by atoms with Crippen LogP contribution in [0.4, 0.5) is 0 Å². The first kappa shape index (κ1) is 9.84. The molecule has 0 aliphatic heterocycles. The molecule has 1 aromatic heterocycles. The van der Waals surface area contributed by atoms with Gasteiger partial charge >= 0.3 is 0 Å². The minimum atomic E-state index is 0.667. The second-order valence-electron chi connectivity index (χ2n) is 3.51. The molecular formula is C13H8INO. The van der Waals surface area contributed by atoms with Crippen LogP contribution >= 0.6 is 22.6 Å². The Hall–Kier alpha value is -1.36. The van der Waals surface area contributed by atoms with Crippen LogP contribution in [0.25, 0.3) is 22.0 Å². The average Bonchev–Trinajstić information content (AvgIpc) is 2.75. The van der Waals surface area contributed by atoms with Gasteiger partial charge in [0.15, 0.2) is 0 Å². The van der Waals surface area contributed by atoms with E-state index in [0.29, 0.717) is 3.90 Å². The smallest absolute Gasteiger partial charge is 0.257 e. The van der Waals surface area contributed by atoms with Crippen molar-refractivity contribution in [1.29, 1.82) is 0 Å². The fourth-order valence-electron chi connectivity index (χ4n) is 1.82. The Morgan fingerprint density at radius 2 is 1.81 bits per heavy atom. The SMILES string of the molecule is Ic1nc(-c2cccc3ccccc23)co1. The molecule has 0 saturated carbocycles. The largest absolute Gasteiger partial charge is 0.440 e. The van der Waals surface area contributed by atoms with Crippen molar-refractivity contribution in [3.8, 4) is 11.3 Å². The van der Waals surface area contributed by atoms with E-state index in [0.717, 1.165) is 11.3 Å². The van der Waals surface area contributed by atoms with Gasteiger partial charge in [0.25, 0.3) is 3.90 Å². The Balaban J connectivity index is 2.31. The van der Waals surface area contributed by atoms with Crippen molar-refractivity contribution in [2.24, 2.45) is 0 Å². The van der Waals surface area contributed by atoms with Gasteiger partial charge in [0.05, 0.1) is 0 Å². The van der Waals surface area contributed by atoms with Crippen LogP contribution < -0.4 is 0 Å². The Bertz CT molecular complexity index is 640. The molecule has 2 nitrogen and oxygen atoms in total. The lowest BCUT2D eigenvalue weighted by Gasteiger charge is -2.02. The van der Waals surface area contributed by atoms with Crippen molar-refractivity contribution in [2.45, 2.75) is 0 Å². The number of rotatable bonds is 1. The van der Waals surface area contributed by atoms with Crippen molar-refractivity contribution < 1.29 is 4.42 Å². The third-order valence-corrected chi connectivity index (χ3v) is 3.04. The molecule has 0 aliphatic carbocycles. The second-order valence-corrected chi connectivity index (χ2v) is 4.44. The number of hydrogen-bond acceptors (Lipinski definition) is 2. The monoisotopic (exact) mass is 321 g/mol. The summed E-state index contributed by atoms with van der Waals surface area (Å²) in [5.74, 6) is 0. The van der Waals surface area contributed by atoms with Crippen LogP contribution in [0.1, 0.15) is 0 Å². The van der Waals surface area contributed by atoms with Crippen LogP contribution in [0.15, 0.2) is 53.1 Å². The minimum Gasteiger partial charge on any atom is -0.440 e. The number of aromatic nitrogens is 1. The zero-order valence-corrected chi connectivity index (χ0v) is 10.5. The predicted octanol–water partition coefficient (Wildman–Crippen LogP) is 4.10. The van der Waals surface area contributed by atoms with E-state index in [1.54, 1.807) is 6.26 Å². The molecule has 0 amide bonds. The van der Waals surface area contributed by atoms with E-state index < -0.39 is 0 Å². The minimum absolute atomic E-state index is 0.667. The van der Waals surface area contributed by atoms with Crippen molar-refractivity contribution in [2.75, 3.05) is 0 Å². The van der Waals surface area contributed by atoms with Gasteiger partial charge in [0, 0.05) is 28.2 Å². The summed E-state index contributed by atoms with van der Waals surface area (Å²) in [5.41, 5.74) is 2.01. The van der Waals surface area contributed by atoms with E-state index >= 15 is 0 Å². The van der Waals surface area contributed by atoms with E-state index in [2.05, 4.69) is 51.8 Å². The van der Waals surface area contributed by atoms with Gasteiger partial charge in [-0.2, -0.15) is 0 Å². The van der Waals surface area contributed by atoms with Crippen LogP contribution in [0, 0.1) is 3.90 Å². The Morgan fingerprint density at radius 1 is 1.00 bits per heavy atom. The summed E-state index contributed by atoms with van der Waals surface area (Å²) in [6, 6.07) is 14.5. The van der Waals surface area contributed by atoms with Gasteiger partial charge in [0.2, 0.25) is 0 Å². The summed E-state index contributed by atoms with van der Waals surface area (Å²) < 4.78 is 5.91. The van der Waals surface area contributed by atoms with Gasteiger partial charge in [-0.15, -0.1) is 0 Å². The highest BCUT2D eigenvalue weighted by atomic mass is 127. The van der Waals surface area contributed by atoms with Crippen molar-refractivity contribution in [1.82, 2.24) is 4.98 Å². The summed E-state index contributed by atoms with van der Waals surface area (Å²) in [5, 5.41) is 2.42. The third kappa shape index (κ3) is 1.61. The first-order valence-corrected chi connectivity index (χ1v) is 6.01. The molecule has 3 heteroatoms. The first-order chi connectivity index (χ1) is 7.84. The number of nitrogens with zero attached hydrogens (tertiary/aromatic N) is 1. The first-order valence-electron chi connectivity index (χ1n) is 4.94. The Labute approximate surface area is 106 Å². The molecule has 3 aromatic rings. The molecule has 2 aromatic carbocycles. The molecule has 78 valence electrons. The van der Waals surface area contributed by atoms with Crippen LogP contribution in [0.2, 0.25) is 0 Å². The second kappa shape index (κ2) is 3.90. The maximum absolute atomic E-state index is 5.24. The van der Waals surface area contributed by atoms with Crippen molar-refractivity contribution in [3.05, 3.63) is 52.6 Å². The third-order valence-electron chi connectivity index (χ3n) is 2.54. The molecule has 0 N–H and O–H groups in total. The lowest BCUT2D eigenvalue weighted by molar-refractivity contribution is 0.525. The summed E-state index contributed by atoms with van der Waals surface area (Å²) >= 11 is 2.07. The van der Waals surface area contributed by atoms with Crippen LogP contribution in [0.5, 0.6) is 0 Å². The van der Waals surface area contributed by atoms with Crippen LogP contribution in [0.3, 0.4) is 0 Å². The molecule has 3 rings (SSSR count). The number of fused-ring (bicyclic) bond motifs is 1. The fraction of sp³-hybridized carbons (Fsp3) is 0. The zero-order valence-electron chi connectivity index (χ0n) is 8.35. The molecule has 0 bridgehead atoms. The van der Waals surface area contributed by atoms with Gasteiger partial charge in [0.1, 0.15) is 12.0 Å². The molecule has 0 atom stereocenters. The normalized spacial score (nSPS) is 10.8. The zero-order chi connectivity index (χ0) is 11.0. The number of oxazole rings is 1. The molecule has 0 aliphatic rings. The predicted molar refractivity (Wildman–Crippen MR) is 72.2 cm³/mol. The molecule has 0 fully saturated rings. The lowest BCUT2D eigenvalue weighted by atomic mass is 10.0. The van der Waals surface area contributed by atoms with E-state index in [4.69, 9.17) is 4.42 Å². The average molecular weight is 321 g/mol. The van der Waals surface area contributed by atoms with E-state index in [9.17, 15) is 0 Å². The van der Waals surface area contributed by atoms with Crippen LogP contribution in [-0.4, -0.2) is 4.98 Å². The van der Waals surface area contributed by atoms with Gasteiger partial charge in [-0.25, -0.2) is 4.98 Å². The maximum Gasteiger partial charge on any atom is 0.257 e. The highest BCUT2D eigenvalue weighted by Gasteiger charge is 2.07. The molecule has 0 radical (unpaired) electrons. The highest BCUT2D eigenvalue weighted by molar-refractivity contribution is 14.1. The van der Waals surface area contributed by atoms with E-state index in [1.807, 2.05) is 18.2 Å². The van der Waals surface area contributed by atoms with Crippen LogP contribution in [-0.2, 0) is 0 Å². The van der Waals surface area contributed by atoms with Gasteiger partial charge in [-0.1, -0.05) is 42.5 Å². The number of halogens is 1.